The van der Waals surface area contributed by atoms with Crippen LogP contribution in [0, 0.1) is 29.6 Å². The highest BCUT2D eigenvalue weighted by Crippen LogP contribution is 2.43. The Morgan fingerprint density at radius 1 is 1.38 bits per heavy atom. The molecule has 3 nitrogen and oxygen atoms in total. The van der Waals surface area contributed by atoms with Crippen LogP contribution in [0.4, 0.5) is 0 Å². The van der Waals surface area contributed by atoms with Crippen LogP contribution in [-0.2, 0) is 13.0 Å². The van der Waals surface area contributed by atoms with E-state index >= 15 is 0 Å². The summed E-state index contributed by atoms with van der Waals surface area (Å²) < 4.78 is 1.97. The average molecular weight is 308 g/mol. The van der Waals surface area contributed by atoms with Gasteiger partial charge < -0.3 is 0 Å². The maximum atomic E-state index is 9.76. The summed E-state index contributed by atoms with van der Waals surface area (Å²) in [7, 11) is 0. The zero-order valence-electron chi connectivity index (χ0n) is 13.5. The summed E-state index contributed by atoms with van der Waals surface area (Å²) >= 11 is 6.42. The molecule has 0 aliphatic heterocycles. The van der Waals surface area contributed by atoms with E-state index < -0.39 is 0 Å². The first kappa shape index (κ1) is 16.4. The third-order valence-corrected chi connectivity index (χ3v) is 5.45. The molecule has 116 valence electrons. The molecule has 0 bridgehead atoms. The van der Waals surface area contributed by atoms with Crippen LogP contribution >= 0.6 is 11.6 Å². The molecule has 0 atom stereocenters. The van der Waals surface area contributed by atoms with Crippen molar-refractivity contribution < 1.29 is 0 Å². The molecule has 0 saturated heterocycles. The Labute approximate surface area is 133 Å². The molecule has 4 heteroatoms. The van der Waals surface area contributed by atoms with Gasteiger partial charge in [-0.3, -0.25) is 4.68 Å². The van der Waals surface area contributed by atoms with Crippen molar-refractivity contribution in [1.82, 2.24) is 9.78 Å². The van der Waals surface area contributed by atoms with Crippen molar-refractivity contribution in [3.63, 3.8) is 0 Å². The van der Waals surface area contributed by atoms with Crippen LogP contribution in [-0.4, -0.2) is 9.78 Å². The van der Waals surface area contributed by atoms with E-state index in [4.69, 9.17) is 11.6 Å². The molecule has 0 unspecified atom stereocenters. The van der Waals surface area contributed by atoms with Crippen molar-refractivity contribution in [3.05, 3.63) is 16.4 Å². The van der Waals surface area contributed by atoms with Gasteiger partial charge in [-0.05, 0) is 45.4 Å². The summed E-state index contributed by atoms with van der Waals surface area (Å²) in [5.41, 5.74) is 1.68. The van der Waals surface area contributed by atoms with Crippen LogP contribution in [0.25, 0.3) is 0 Å². The maximum Gasteiger partial charge on any atom is 0.0847 e. The first-order valence-electron chi connectivity index (χ1n) is 8.18. The molecule has 21 heavy (non-hydrogen) atoms. The largest absolute Gasteiger partial charge is 0.268 e. The van der Waals surface area contributed by atoms with E-state index in [-0.39, 0.29) is 5.41 Å². The Bertz CT molecular complexity index is 519. The second kappa shape index (κ2) is 6.83. The SMILES string of the molecule is CCCC1CCC(C#N)(Cc2c(Cl)c(C)nn2CC)CC1. The maximum absolute atomic E-state index is 9.76. The molecule has 1 aromatic rings. The summed E-state index contributed by atoms with van der Waals surface area (Å²) in [6.07, 6.45) is 7.65. The fourth-order valence-electron chi connectivity index (χ4n) is 3.61. The number of nitriles is 1. The number of nitrogens with zero attached hydrogens (tertiary/aromatic N) is 3. The molecule has 1 aliphatic rings. The van der Waals surface area contributed by atoms with Gasteiger partial charge in [0.2, 0.25) is 0 Å². The zero-order valence-corrected chi connectivity index (χ0v) is 14.2. The molecule has 0 amide bonds. The molecule has 1 heterocycles. The van der Waals surface area contributed by atoms with Gasteiger partial charge in [-0.1, -0.05) is 31.4 Å². The van der Waals surface area contributed by atoms with Crippen LogP contribution in [0.15, 0.2) is 0 Å². The van der Waals surface area contributed by atoms with Gasteiger partial charge in [-0.2, -0.15) is 10.4 Å². The highest BCUT2D eigenvalue weighted by atomic mass is 35.5. The number of rotatable bonds is 5. The summed E-state index contributed by atoms with van der Waals surface area (Å²) in [5.74, 6) is 0.810. The quantitative estimate of drug-likeness (QED) is 0.775. The van der Waals surface area contributed by atoms with Gasteiger partial charge in [0.25, 0.3) is 0 Å². The van der Waals surface area contributed by atoms with Crippen molar-refractivity contribution in [1.29, 1.82) is 5.26 Å². The molecule has 1 aliphatic carbocycles. The molecule has 1 aromatic heterocycles. The fourth-order valence-corrected chi connectivity index (χ4v) is 3.82. The van der Waals surface area contributed by atoms with E-state index in [1.807, 2.05) is 11.6 Å². The highest BCUT2D eigenvalue weighted by Gasteiger charge is 2.37. The monoisotopic (exact) mass is 307 g/mol. The minimum Gasteiger partial charge on any atom is -0.268 e. The van der Waals surface area contributed by atoms with Gasteiger partial charge in [0.1, 0.15) is 0 Å². The Hall–Kier alpha value is -1.01. The molecule has 1 fully saturated rings. The van der Waals surface area contributed by atoms with Crippen molar-refractivity contribution in [2.24, 2.45) is 11.3 Å². The standard InChI is InChI=1S/C17H26ClN3/c1-4-6-14-7-9-17(12-19,10-8-14)11-15-16(18)13(3)20-21(15)5-2/h14H,4-11H2,1-3H3. The van der Waals surface area contributed by atoms with E-state index in [1.54, 1.807) is 0 Å². The van der Waals surface area contributed by atoms with E-state index in [0.29, 0.717) is 0 Å². The lowest BCUT2D eigenvalue weighted by Crippen LogP contribution is -2.29. The average Bonchev–Trinajstić information content (AvgIpc) is 2.77. The van der Waals surface area contributed by atoms with Gasteiger partial charge >= 0.3 is 0 Å². The van der Waals surface area contributed by atoms with Crippen molar-refractivity contribution in [2.45, 2.75) is 72.3 Å². The van der Waals surface area contributed by atoms with E-state index in [9.17, 15) is 5.26 Å². The van der Waals surface area contributed by atoms with Crippen LogP contribution in [0.5, 0.6) is 0 Å². The lowest BCUT2D eigenvalue weighted by Gasteiger charge is -2.35. The van der Waals surface area contributed by atoms with Crippen molar-refractivity contribution in [2.75, 3.05) is 0 Å². The molecule has 0 aromatic carbocycles. The summed E-state index contributed by atoms with van der Waals surface area (Å²) in [6, 6.07) is 2.62. The van der Waals surface area contributed by atoms with E-state index in [0.717, 1.165) is 48.1 Å². The fraction of sp³-hybridized carbons (Fsp3) is 0.765. The molecular weight excluding hydrogens is 282 g/mol. The van der Waals surface area contributed by atoms with Gasteiger partial charge in [-0.15, -0.1) is 0 Å². The van der Waals surface area contributed by atoms with Crippen LogP contribution in [0.2, 0.25) is 5.02 Å². The highest BCUT2D eigenvalue weighted by molar-refractivity contribution is 6.31. The minimum atomic E-state index is -0.243. The van der Waals surface area contributed by atoms with Gasteiger partial charge in [0, 0.05) is 13.0 Å². The second-order valence-electron chi connectivity index (χ2n) is 6.46. The summed E-state index contributed by atoms with van der Waals surface area (Å²) in [5, 5.41) is 15.0. The third-order valence-electron chi connectivity index (χ3n) is 4.96. The van der Waals surface area contributed by atoms with Gasteiger partial charge in [0.05, 0.1) is 27.9 Å². The van der Waals surface area contributed by atoms with Crippen molar-refractivity contribution >= 4 is 11.6 Å². The Kier molecular flexibility index (Phi) is 5.32. The van der Waals surface area contributed by atoms with Crippen LogP contribution in [0.3, 0.4) is 0 Å². The lowest BCUT2D eigenvalue weighted by atomic mass is 9.68. The predicted molar refractivity (Wildman–Crippen MR) is 86.3 cm³/mol. The Balaban J connectivity index is 2.16. The molecular formula is C17H26ClN3. The Morgan fingerprint density at radius 2 is 2.05 bits per heavy atom. The number of aromatic nitrogens is 2. The first-order valence-corrected chi connectivity index (χ1v) is 8.56. The second-order valence-corrected chi connectivity index (χ2v) is 6.84. The third kappa shape index (κ3) is 3.43. The van der Waals surface area contributed by atoms with Crippen molar-refractivity contribution in [3.8, 4) is 6.07 Å². The summed E-state index contributed by atoms with van der Waals surface area (Å²) in [4.78, 5) is 0. The normalized spacial score (nSPS) is 25.8. The lowest BCUT2D eigenvalue weighted by molar-refractivity contribution is 0.197. The molecule has 0 N–H and O–H groups in total. The number of hydrogen-bond acceptors (Lipinski definition) is 2. The van der Waals surface area contributed by atoms with Crippen LogP contribution in [0.1, 0.15) is 63.8 Å². The molecule has 2 rings (SSSR count). The van der Waals surface area contributed by atoms with E-state index in [1.165, 1.54) is 25.7 Å². The Morgan fingerprint density at radius 3 is 2.57 bits per heavy atom. The van der Waals surface area contributed by atoms with E-state index in [2.05, 4.69) is 25.0 Å². The smallest absolute Gasteiger partial charge is 0.0847 e. The van der Waals surface area contributed by atoms with Gasteiger partial charge in [-0.25, -0.2) is 0 Å². The summed E-state index contributed by atoms with van der Waals surface area (Å²) in [6.45, 7) is 7.07. The molecule has 0 spiro atoms. The number of hydrogen-bond donors (Lipinski definition) is 0. The minimum absolute atomic E-state index is 0.243. The molecule has 0 radical (unpaired) electrons. The first-order chi connectivity index (χ1) is 10.0. The van der Waals surface area contributed by atoms with Gasteiger partial charge in [0.15, 0.2) is 0 Å². The topological polar surface area (TPSA) is 41.6 Å². The van der Waals surface area contributed by atoms with Crippen LogP contribution < -0.4 is 0 Å². The number of aryl methyl sites for hydroxylation is 2. The zero-order chi connectivity index (χ0) is 15.5. The number of halogens is 1. The molecule has 1 saturated carbocycles. The predicted octanol–water partition coefficient (Wildman–Crippen LogP) is 4.91.